The van der Waals surface area contributed by atoms with Gasteiger partial charge in [-0.05, 0) is 43.2 Å². The van der Waals surface area contributed by atoms with Crippen molar-refractivity contribution >= 4 is 11.3 Å². The second-order valence-electron chi connectivity index (χ2n) is 4.26. The zero-order valence-corrected chi connectivity index (χ0v) is 11.5. The predicted molar refractivity (Wildman–Crippen MR) is 75.1 cm³/mol. The fourth-order valence-electron chi connectivity index (χ4n) is 1.71. The lowest BCUT2D eigenvalue weighted by molar-refractivity contribution is 0.198. The van der Waals surface area contributed by atoms with Crippen molar-refractivity contribution < 1.29 is 9.84 Å². The largest absolute Gasteiger partial charge is 0.488 e. The Bertz CT molecular complexity index is 503. The van der Waals surface area contributed by atoms with E-state index in [1.165, 1.54) is 9.75 Å². The van der Waals surface area contributed by atoms with Crippen molar-refractivity contribution in [2.75, 3.05) is 0 Å². The van der Waals surface area contributed by atoms with Gasteiger partial charge in [-0.15, -0.1) is 11.3 Å². The minimum atomic E-state index is -0.456. The number of hydrogen-bond donors (Lipinski definition) is 1. The van der Waals surface area contributed by atoms with E-state index in [1.807, 2.05) is 24.3 Å². The van der Waals surface area contributed by atoms with Gasteiger partial charge in [0.05, 0.1) is 6.10 Å². The van der Waals surface area contributed by atoms with E-state index in [0.29, 0.717) is 6.61 Å². The molecule has 0 aliphatic heterocycles. The average molecular weight is 262 g/mol. The Morgan fingerprint density at radius 2 is 2.00 bits per heavy atom. The fourth-order valence-corrected chi connectivity index (χ4v) is 2.58. The van der Waals surface area contributed by atoms with Gasteiger partial charge in [0.25, 0.3) is 0 Å². The summed E-state index contributed by atoms with van der Waals surface area (Å²) in [6, 6.07) is 11.9. The van der Waals surface area contributed by atoms with Crippen LogP contribution in [0.3, 0.4) is 0 Å². The molecule has 2 nitrogen and oxygen atoms in total. The van der Waals surface area contributed by atoms with Crippen molar-refractivity contribution in [3.8, 4) is 5.75 Å². The summed E-state index contributed by atoms with van der Waals surface area (Å²) in [5.74, 6) is 0.805. The van der Waals surface area contributed by atoms with Crippen LogP contribution in [-0.4, -0.2) is 5.11 Å². The van der Waals surface area contributed by atoms with Gasteiger partial charge in [-0.2, -0.15) is 0 Å². The van der Waals surface area contributed by atoms with Gasteiger partial charge in [0.1, 0.15) is 12.4 Å². The van der Waals surface area contributed by atoms with Crippen molar-refractivity contribution in [2.24, 2.45) is 0 Å². The monoisotopic (exact) mass is 262 g/mol. The van der Waals surface area contributed by atoms with Crippen LogP contribution in [0.15, 0.2) is 36.4 Å². The minimum Gasteiger partial charge on any atom is -0.488 e. The van der Waals surface area contributed by atoms with Gasteiger partial charge in [-0.3, -0.25) is 0 Å². The van der Waals surface area contributed by atoms with Crippen LogP contribution in [0.25, 0.3) is 0 Å². The topological polar surface area (TPSA) is 29.5 Å². The molecule has 2 rings (SSSR count). The highest BCUT2D eigenvalue weighted by Gasteiger charge is 2.03. The van der Waals surface area contributed by atoms with Crippen molar-refractivity contribution in [1.82, 2.24) is 0 Å². The lowest BCUT2D eigenvalue weighted by Crippen LogP contribution is -1.95. The van der Waals surface area contributed by atoms with Gasteiger partial charge < -0.3 is 9.84 Å². The molecule has 3 heteroatoms. The predicted octanol–water partition coefficient (Wildman–Crippen LogP) is 3.94. The number of aliphatic hydroxyl groups is 1. The normalized spacial score (nSPS) is 12.4. The van der Waals surface area contributed by atoms with Crippen molar-refractivity contribution in [2.45, 2.75) is 33.0 Å². The first-order valence-corrected chi connectivity index (χ1v) is 6.99. The van der Waals surface area contributed by atoms with Crippen LogP contribution in [-0.2, 0) is 13.0 Å². The SMILES string of the molecule is CCc1ccc(COc2cccc([C@H](C)O)c2)s1. The Morgan fingerprint density at radius 3 is 2.67 bits per heavy atom. The first-order chi connectivity index (χ1) is 8.69. The molecule has 1 heterocycles. The molecule has 0 aliphatic rings. The van der Waals surface area contributed by atoms with Crippen LogP contribution >= 0.6 is 11.3 Å². The summed E-state index contributed by atoms with van der Waals surface area (Å²) in [4.78, 5) is 2.61. The second-order valence-corrected chi connectivity index (χ2v) is 5.51. The highest BCUT2D eigenvalue weighted by Crippen LogP contribution is 2.22. The quantitative estimate of drug-likeness (QED) is 0.884. The number of benzene rings is 1. The zero-order valence-electron chi connectivity index (χ0n) is 10.7. The Labute approximate surface area is 112 Å². The molecule has 0 radical (unpaired) electrons. The number of rotatable bonds is 5. The first kappa shape index (κ1) is 13.1. The van der Waals surface area contributed by atoms with Gasteiger partial charge >= 0.3 is 0 Å². The molecule has 1 atom stereocenters. The summed E-state index contributed by atoms with van der Waals surface area (Å²) in [5, 5.41) is 9.52. The fraction of sp³-hybridized carbons (Fsp3) is 0.333. The number of hydrogen-bond acceptors (Lipinski definition) is 3. The molecule has 96 valence electrons. The summed E-state index contributed by atoms with van der Waals surface area (Å²) in [7, 11) is 0. The molecule has 0 bridgehead atoms. The first-order valence-electron chi connectivity index (χ1n) is 6.17. The molecule has 18 heavy (non-hydrogen) atoms. The van der Waals surface area contributed by atoms with Crippen LogP contribution in [0.2, 0.25) is 0 Å². The maximum atomic E-state index is 9.52. The number of thiophene rings is 1. The lowest BCUT2D eigenvalue weighted by atomic mass is 10.1. The molecule has 0 fully saturated rings. The summed E-state index contributed by atoms with van der Waals surface area (Å²) in [5.41, 5.74) is 0.882. The molecule has 0 spiro atoms. The van der Waals surface area contributed by atoms with Crippen molar-refractivity contribution in [3.05, 3.63) is 51.7 Å². The molecule has 1 N–H and O–H groups in total. The summed E-state index contributed by atoms with van der Waals surface area (Å²) in [6.07, 6.45) is 0.615. The number of aryl methyl sites for hydroxylation is 1. The molecule has 0 amide bonds. The van der Waals surface area contributed by atoms with Crippen LogP contribution < -0.4 is 4.74 Å². The van der Waals surface area contributed by atoms with Crippen LogP contribution in [0.4, 0.5) is 0 Å². The second kappa shape index (κ2) is 6.03. The molecule has 0 unspecified atom stereocenters. The van der Waals surface area contributed by atoms with Crippen LogP contribution in [0.5, 0.6) is 5.75 Å². The highest BCUT2D eigenvalue weighted by molar-refractivity contribution is 7.11. The van der Waals surface area contributed by atoms with E-state index >= 15 is 0 Å². The van der Waals surface area contributed by atoms with E-state index in [2.05, 4.69) is 19.1 Å². The molecule has 0 saturated heterocycles. The maximum Gasteiger partial charge on any atom is 0.122 e. The van der Waals surface area contributed by atoms with E-state index in [4.69, 9.17) is 4.74 Å². The smallest absolute Gasteiger partial charge is 0.122 e. The van der Waals surface area contributed by atoms with Crippen LogP contribution in [0.1, 0.15) is 35.3 Å². The number of aliphatic hydroxyl groups excluding tert-OH is 1. The van der Waals surface area contributed by atoms with Gasteiger partial charge in [0.2, 0.25) is 0 Å². The number of ether oxygens (including phenoxy) is 1. The summed E-state index contributed by atoms with van der Waals surface area (Å²) in [6.45, 7) is 4.50. The van der Waals surface area contributed by atoms with Gasteiger partial charge in [0, 0.05) is 9.75 Å². The Morgan fingerprint density at radius 1 is 1.22 bits per heavy atom. The van der Waals surface area contributed by atoms with Crippen LogP contribution in [0, 0.1) is 0 Å². The molecular weight excluding hydrogens is 244 g/mol. The Kier molecular flexibility index (Phi) is 4.39. The minimum absolute atomic E-state index is 0.456. The highest BCUT2D eigenvalue weighted by atomic mass is 32.1. The van der Waals surface area contributed by atoms with E-state index in [9.17, 15) is 5.11 Å². The summed E-state index contributed by atoms with van der Waals surface area (Å²) >= 11 is 1.79. The Hall–Kier alpha value is -1.32. The third-order valence-electron chi connectivity index (χ3n) is 2.79. The third kappa shape index (κ3) is 3.34. The van der Waals surface area contributed by atoms with E-state index < -0.39 is 6.10 Å². The molecule has 1 aromatic carbocycles. The summed E-state index contributed by atoms with van der Waals surface area (Å²) < 4.78 is 5.74. The average Bonchev–Trinajstić information content (AvgIpc) is 2.84. The third-order valence-corrected chi connectivity index (χ3v) is 3.99. The maximum absolute atomic E-state index is 9.52. The molecular formula is C15H18O2S. The zero-order chi connectivity index (χ0) is 13.0. The lowest BCUT2D eigenvalue weighted by Gasteiger charge is -2.08. The van der Waals surface area contributed by atoms with Crippen molar-refractivity contribution in [3.63, 3.8) is 0 Å². The standard InChI is InChI=1S/C15H18O2S/c1-3-14-7-8-15(18-14)10-17-13-6-4-5-12(9-13)11(2)16/h4-9,11,16H,3,10H2,1-2H3/t11-/m0/s1. The van der Waals surface area contributed by atoms with Gasteiger partial charge in [0.15, 0.2) is 0 Å². The molecule has 2 aromatic rings. The molecule has 1 aromatic heterocycles. The molecule has 0 saturated carbocycles. The Balaban J connectivity index is 1.99. The van der Waals surface area contributed by atoms with Crippen molar-refractivity contribution in [1.29, 1.82) is 0 Å². The van der Waals surface area contributed by atoms with Gasteiger partial charge in [-0.25, -0.2) is 0 Å². The van der Waals surface area contributed by atoms with E-state index in [0.717, 1.165) is 17.7 Å². The molecule has 0 aliphatic carbocycles. The van der Waals surface area contributed by atoms with E-state index in [1.54, 1.807) is 18.3 Å². The van der Waals surface area contributed by atoms with Gasteiger partial charge in [-0.1, -0.05) is 19.1 Å². The van der Waals surface area contributed by atoms with E-state index in [-0.39, 0.29) is 0 Å².